The molecule has 0 unspecified atom stereocenters. The summed E-state index contributed by atoms with van der Waals surface area (Å²) in [6.45, 7) is 4.49. The number of hydrogen-bond acceptors (Lipinski definition) is 3. The molecule has 0 atom stereocenters. The van der Waals surface area contributed by atoms with Crippen LogP contribution in [0.4, 0.5) is 0 Å². The van der Waals surface area contributed by atoms with Gasteiger partial charge >= 0.3 is 0 Å². The monoisotopic (exact) mass is 275 g/mol. The second kappa shape index (κ2) is 6.52. The van der Waals surface area contributed by atoms with Gasteiger partial charge in [-0.1, -0.05) is 17.7 Å². The third kappa shape index (κ3) is 3.36. The lowest BCUT2D eigenvalue weighted by Gasteiger charge is -2.22. The zero-order valence-corrected chi connectivity index (χ0v) is 11.8. The largest absolute Gasteiger partial charge is 0.340 e. The first-order valence-corrected chi connectivity index (χ1v) is 6.95. The Bertz CT molecular complexity index is 502. The summed E-state index contributed by atoms with van der Waals surface area (Å²) in [6, 6.07) is 7.60. The van der Waals surface area contributed by atoms with Gasteiger partial charge < -0.3 is 15.5 Å². The van der Waals surface area contributed by atoms with E-state index in [1.165, 1.54) is 0 Å². The van der Waals surface area contributed by atoms with Crippen molar-refractivity contribution in [1.29, 1.82) is 0 Å². The molecule has 0 spiro atoms. The Labute approximate surface area is 119 Å². The van der Waals surface area contributed by atoms with Gasteiger partial charge in [0.05, 0.1) is 6.54 Å². The van der Waals surface area contributed by atoms with Crippen LogP contribution in [0.25, 0.3) is 0 Å². The van der Waals surface area contributed by atoms with Crippen molar-refractivity contribution in [3.8, 4) is 0 Å². The van der Waals surface area contributed by atoms with Gasteiger partial charge in [0.1, 0.15) is 0 Å². The Morgan fingerprint density at radius 2 is 1.85 bits per heavy atom. The summed E-state index contributed by atoms with van der Waals surface area (Å²) in [7, 11) is 0. The van der Waals surface area contributed by atoms with Crippen LogP contribution in [0.5, 0.6) is 0 Å². The standard InChI is InChI=1S/C15H21N3O2/c1-12-4-2-5-13(10-12)15(20)18-7-3-6-17(8-9-18)14(19)11-16/h2,4-5,10H,3,6-9,11,16H2,1H3. The lowest BCUT2D eigenvalue weighted by Crippen LogP contribution is -2.39. The fourth-order valence-corrected chi connectivity index (χ4v) is 2.46. The second-order valence-corrected chi connectivity index (χ2v) is 5.10. The highest BCUT2D eigenvalue weighted by Crippen LogP contribution is 2.11. The smallest absolute Gasteiger partial charge is 0.253 e. The van der Waals surface area contributed by atoms with Gasteiger partial charge in [0, 0.05) is 31.7 Å². The van der Waals surface area contributed by atoms with Crippen molar-refractivity contribution in [1.82, 2.24) is 9.80 Å². The summed E-state index contributed by atoms with van der Waals surface area (Å²) in [6.07, 6.45) is 0.795. The molecule has 1 saturated heterocycles. The van der Waals surface area contributed by atoms with Gasteiger partial charge in [-0.15, -0.1) is 0 Å². The molecule has 5 heteroatoms. The first-order chi connectivity index (χ1) is 9.61. The number of nitrogens with zero attached hydrogens (tertiary/aromatic N) is 2. The normalized spacial score (nSPS) is 15.9. The Balaban J connectivity index is 2.03. The van der Waals surface area contributed by atoms with Crippen LogP contribution >= 0.6 is 0 Å². The Morgan fingerprint density at radius 1 is 1.15 bits per heavy atom. The molecule has 0 radical (unpaired) electrons. The predicted molar refractivity (Wildman–Crippen MR) is 77.3 cm³/mol. The van der Waals surface area contributed by atoms with Crippen molar-refractivity contribution >= 4 is 11.8 Å². The minimum absolute atomic E-state index is 0.0336. The van der Waals surface area contributed by atoms with Crippen molar-refractivity contribution in [2.45, 2.75) is 13.3 Å². The molecule has 1 aliphatic rings. The van der Waals surface area contributed by atoms with E-state index in [4.69, 9.17) is 5.73 Å². The van der Waals surface area contributed by atoms with Gasteiger partial charge in [0.25, 0.3) is 5.91 Å². The lowest BCUT2D eigenvalue weighted by molar-refractivity contribution is -0.129. The SMILES string of the molecule is Cc1cccc(C(=O)N2CCCN(C(=O)CN)CC2)c1. The van der Waals surface area contributed by atoms with E-state index in [-0.39, 0.29) is 18.4 Å². The molecule has 1 fully saturated rings. The molecular weight excluding hydrogens is 254 g/mol. The second-order valence-electron chi connectivity index (χ2n) is 5.10. The number of benzene rings is 1. The average molecular weight is 275 g/mol. The minimum atomic E-state index is -0.0464. The van der Waals surface area contributed by atoms with Gasteiger partial charge in [-0.2, -0.15) is 0 Å². The number of nitrogens with two attached hydrogens (primary N) is 1. The van der Waals surface area contributed by atoms with Crippen LogP contribution in [0.2, 0.25) is 0 Å². The van der Waals surface area contributed by atoms with E-state index in [0.717, 1.165) is 12.0 Å². The third-order valence-corrected chi connectivity index (χ3v) is 3.58. The van der Waals surface area contributed by atoms with E-state index in [9.17, 15) is 9.59 Å². The van der Waals surface area contributed by atoms with E-state index in [1.54, 1.807) is 4.90 Å². The maximum absolute atomic E-state index is 12.4. The number of rotatable bonds is 2. The molecule has 1 aromatic rings. The van der Waals surface area contributed by atoms with Crippen LogP contribution in [-0.2, 0) is 4.79 Å². The molecule has 20 heavy (non-hydrogen) atoms. The minimum Gasteiger partial charge on any atom is -0.340 e. The summed E-state index contributed by atoms with van der Waals surface area (Å²) in [5.74, 6) is -0.00870. The molecule has 5 nitrogen and oxygen atoms in total. The number of carbonyl (C=O) groups excluding carboxylic acids is 2. The first kappa shape index (κ1) is 14.5. The van der Waals surface area contributed by atoms with Crippen LogP contribution in [-0.4, -0.2) is 54.3 Å². The molecule has 108 valence electrons. The molecule has 1 aliphatic heterocycles. The Hall–Kier alpha value is -1.88. The van der Waals surface area contributed by atoms with E-state index in [0.29, 0.717) is 31.7 Å². The molecule has 0 aromatic heterocycles. The lowest BCUT2D eigenvalue weighted by atomic mass is 10.1. The molecule has 0 saturated carbocycles. The number of hydrogen-bond donors (Lipinski definition) is 1. The van der Waals surface area contributed by atoms with Crippen LogP contribution in [0.3, 0.4) is 0 Å². The Morgan fingerprint density at radius 3 is 2.55 bits per heavy atom. The zero-order valence-electron chi connectivity index (χ0n) is 11.8. The van der Waals surface area contributed by atoms with Crippen molar-refractivity contribution < 1.29 is 9.59 Å². The highest BCUT2D eigenvalue weighted by molar-refractivity contribution is 5.94. The van der Waals surface area contributed by atoms with Crippen LogP contribution < -0.4 is 5.73 Å². The summed E-state index contributed by atoms with van der Waals surface area (Å²) in [4.78, 5) is 27.6. The molecule has 0 aliphatic carbocycles. The van der Waals surface area contributed by atoms with Gasteiger partial charge in [0.15, 0.2) is 0 Å². The summed E-state index contributed by atoms with van der Waals surface area (Å²) < 4.78 is 0. The summed E-state index contributed by atoms with van der Waals surface area (Å²) in [5.41, 5.74) is 7.17. The molecule has 1 aromatic carbocycles. The molecule has 0 bridgehead atoms. The maximum Gasteiger partial charge on any atom is 0.253 e. The van der Waals surface area contributed by atoms with Crippen molar-refractivity contribution in [3.63, 3.8) is 0 Å². The number of carbonyl (C=O) groups is 2. The van der Waals surface area contributed by atoms with Gasteiger partial charge in [-0.25, -0.2) is 0 Å². The average Bonchev–Trinajstić information content (AvgIpc) is 2.71. The van der Waals surface area contributed by atoms with Crippen molar-refractivity contribution in [2.75, 3.05) is 32.7 Å². The summed E-state index contributed by atoms with van der Waals surface area (Å²) >= 11 is 0. The molecule has 2 N–H and O–H groups in total. The van der Waals surface area contributed by atoms with Crippen molar-refractivity contribution in [2.24, 2.45) is 5.73 Å². The molecule has 1 heterocycles. The van der Waals surface area contributed by atoms with Gasteiger partial charge in [-0.3, -0.25) is 9.59 Å². The zero-order chi connectivity index (χ0) is 14.5. The van der Waals surface area contributed by atoms with Crippen LogP contribution in [0, 0.1) is 6.92 Å². The highest BCUT2D eigenvalue weighted by Gasteiger charge is 2.22. The maximum atomic E-state index is 12.4. The quantitative estimate of drug-likeness (QED) is 0.861. The highest BCUT2D eigenvalue weighted by atomic mass is 16.2. The van der Waals surface area contributed by atoms with E-state index < -0.39 is 0 Å². The molecular formula is C15H21N3O2. The van der Waals surface area contributed by atoms with Crippen LogP contribution in [0.1, 0.15) is 22.3 Å². The molecule has 2 amide bonds. The number of amides is 2. The third-order valence-electron chi connectivity index (χ3n) is 3.58. The van der Waals surface area contributed by atoms with Gasteiger partial charge in [-0.05, 0) is 25.5 Å². The summed E-state index contributed by atoms with van der Waals surface area (Å²) in [5, 5.41) is 0. The van der Waals surface area contributed by atoms with E-state index in [2.05, 4.69) is 0 Å². The predicted octanol–water partition coefficient (Wildman–Crippen LogP) is 0.628. The fourth-order valence-electron chi connectivity index (χ4n) is 2.46. The first-order valence-electron chi connectivity index (χ1n) is 6.95. The van der Waals surface area contributed by atoms with E-state index >= 15 is 0 Å². The topological polar surface area (TPSA) is 66.6 Å². The van der Waals surface area contributed by atoms with Gasteiger partial charge in [0.2, 0.25) is 5.91 Å². The Kier molecular flexibility index (Phi) is 4.74. The van der Waals surface area contributed by atoms with Crippen molar-refractivity contribution in [3.05, 3.63) is 35.4 Å². The molecule has 2 rings (SSSR count). The van der Waals surface area contributed by atoms with Crippen LogP contribution in [0.15, 0.2) is 24.3 Å². The van der Waals surface area contributed by atoms with E-state index in [1.807, 2.05) is 36.1 Å². The number of aryl methyl sites for hydroxylation is 1. The fraction of sp³-hybridized carbons (Fsp3) is 0.467.